The van der Waals surface area contributed by atoms with E-state index in [2.05, 4.69) is 4.74 Å². The Labute approximate surface area is 60.5 Å². The van der Waals surface area contributed by atoms with Gasteiger partial charge in [0.15, 0.2) is 0 Å². The zero-order chi connectivity index (χ0) is 6.41. The van der Waals surface area contributed by atoms with Gasteiger partial charge < -0.3 is 10.5 Å². The van der Waals surface area contributed by atoms with Gasteiger partial charge in [0, 0.05) is 0 Å². The van der Waals surface area contributed by atoms with Gasteiger partial charge in [-0.05, 0) is 0 Å². The third-order valence-corrected chi connectivity index (χ3v) is 0.689. The average molecular weight is 149 g/mol. The van der Waals surface area contributed by atoms with Crippen molar-refractivity contribution in [1.29, 1.82) is 5.26 Å². The molecule has 0 saturated heterocycles. The van der Waals surface area contributed by atoms with Gasteiger partial charge in [0.05, 0.1) is 25.8 Å². The van der Waals surface area contributed by atoms with Crippen LogP contribution in [0.2, 0.25) is 0 Å². The highest BCUT2D eigenvalue weighted by Gasteiger charge is 1.86. The summed E-state index contributed by atoms with van der Waals surface area (Å²) in [5, 5.41) is 8.04. The molecule has 0 radical (unpaired) electrons. The van der Waals surface area contributed by atoms with Gasteiger partial charge in [0.1, 0.15) is 5.76 Å². The Bertz CT molecular complexity index is 121. The Morgan fingerprint density at radius 3 is 2.56 bits per heavy atom. The Hall–Kier alpha value is -0.720. The molecular weight excluding hydrogens is 140 g/mol. The third-order valence-electron chi connectivity index (χ3n) is 0.689. The van der Waals surface area contributed by atoms with Crippen molar-refractivity contribution in [2.24, 2.45) is 5.73 Å². The summed E-state index contributed by atoms with van der Waals surface area (Å²) in [6.45, 7) is 0.282. The van der Waals surface area contributed by atoms with Crippen LogP contribution in [0.15, 0.2) is 11.8 Å². The molecule has 0 aromatic carbocycles. The highest BCUT2D eigenvalue weighted by atomic mass is 35.5. The fourth-order valence-corrected chi connectivity index (χ4v) is 0.273. The van der Waals surface area contributed by atoms with Gasteiger partial charge in [-0.15, -0.1) is 12.4 Å². The molecular formula is C5H9ClN2O. The van der Waals surface area contributed by atoms with Crippen LogP contribution >= 0.6 is 12.4 Å². The summed E-state index contributed by atoms with van der Waals surface area (Å²) in [4.78, 5) is 0. The SMILES string of the molecule is CO/C(=C/C#N)CN.Cl. The van der Waals surface area contributed by atoms with Crippen molar-refractivity contribution in [2.45, 2.75) is 0 Å². The summed E-state index contributed by atoms with van der Waals surface area (Å²) < 4.78 is 4.65. The fraction of sp³-hybridized carbons (Fsp3) is 0.400. The molecule has 0 fully saturated rings. The van der Waals surface area contributed by atoms with Crippen molar-refractivity contribution in [3.63, 3.8) is 0 Å². The summed E-state index contributed by atoms with van der Waals surface area (Å²) in [6.07, 6.45) is 1.28. The number of halogens is 1. The molecule has 9 heavy (non-hydrogen) atoms. The summed E-state index contributed by atoms with van der Waals surface area (Å²) in [5.41, 5.74) is 5.12. The number of hydrogen-bond donors (Lipinski definition) is 1. The van der Waals surface area contributed by atoms with E-state index < -0.39 is 0 Å². The quantitative estimate of drug-likeness (QED) is 0.456. The topological polar surface area (TPSA) is 59.0 Å². The standard InChI is InChI=1S/C5H8N2O.ClH/c1-8-5(4-7)2-3-6;/h2H,4,7H2,1H3;1H/b5-2+;. The Balaban J connectivity index is 0. The van der Waals surface area contributed by atoms with Gasteiger partial charge in [-0.2, -0.15) is 5.26 Å². The molecule has 0 aromatic heterocycles. The van der Waals surface area contributed by atoms with Crippen LogP contribution in [0.5, 0.6) is 0 Å². The van der Waals surface area contributed by atoms with E-state index in [0.29, 0.717) is 5.76 Å². The molecule has 3 nitrogen and oxygen atoms in total. The smallest absolute Gasteiger partial charge is 0.119 e. The first kappa shape index (κ1) is 11.1. The first-order chi connectivity index (χ1) is 3.85. The Morgan fingerprint density at radius 2 is 2.44 bits per heavy atom. The minimum absolute atomic E-state index is 0. The zero-order valence-corrected chi connectivity index (χ0v) is 5.94. The van der Waals surface area contributed by atoms with Gasteiger partial charge in [0.2, 0.25) is 0 Å². The van der Waals surface area contributed by atoms with Crippen LogP contribution in [-0.2, 0) is 4.74 Å². The number of nitrogens with two attached hydrogens (primary N) is 1. The molecule has 0 atom stereocenters. The van der Waals surface area contributed by atoms with E-state index in [4.69, 9.17) is 11.0 Å². The molecule has 0 heterocycles. The minimum Gasteiger partial charge on any atom is -0.499 e. The molecule has 0 aliphatic heterocycles. The van der Waals surface area contributed by atoms with Crippen LogP contribution in [-0.4, -0.2) is 13.7 Å². The normalized spacial score (nSPS) is 9.22. The first-order valence-electron chi connectivity index (χ1n) is 2.18. The summed E-state index contributed by atoms with van der Waals surface area (Å²) >= 11 is 0. The maximum Gasteiger partial charge on any atom is 0.119 e. The van der Waals surface area contributed by atoms with Crippen LogP contribution in [0, 0.1) is 11.3 Å². The van der Waals surface area contributed by atoms with E-state index in [0.717, 1.165) is 0 Å². The molecule has 0 aliphatic carbocycles. The zero-order valence-electron chi connectivity index (χ0n) is 5.13. The van der Waals surface area contributed by atoms with Crippen molar-refractivity contribution in [3.05, 3.63) is 11.8 Å². The van der Waals surface area contributed by atoms with Crippen molar-refractivity contribution < 1.29 is 4.74 Å². The van der Waals surface area contributed by atoms with Crippen LogP contribution in [0.25, 0.3) is 0 Å². The summed E-state index contributed by atoms with van der Waals surface area (Å²) in [7, 11) is 1.48. The number of hydrogen-bond acceptors (Lipinski definition) is 3. The van der Waals surface area contributed by atoms with Gasteiger partial charge >= 0.3 is 0 Å². The average Bonchev–Trinajstić information content (AvgIpc) is 1.83. The second kappa shape index (κ2) is 7.28. The highest BCUT2D eigenvalue weighted by molar-refractivity contribution is 5.85. The Kier molecular flexibility index (Phi) is 9.00. The predicted molar refractivity (Wildman–Crippen MR) is 37.0 cm³/mol. The number of methoxy groups -OCH3 is 1. The predicted octanol–water partition coefficient (Wildman–Crippen LogP) is 0.421. The van der Waals surface area contributed by atoms with E-state index >= 15 is 0 Å². The van der Waals surface area contributed by atoms with Gasteiger partial charge in [-0.3, -0.25) is 0 Å². The molecule has 0 spiro atoms. The summed E-state index contributed by atoms with van der Waals surface area (Å²) in [6, 6.07) is 1.80. The van der Waals surface area contributed by atoms with Gasteiger partial charge in [0.25, 0.3) is 0 Å². The lowest BCUT2D eigenvalue weighted by Gasteiger charge is -1.96. The number of nitriles is 1. The van der Waals surface area contributed by atoms with Crippen LogP contribution in [0.3, 0.4) is 0 Å². The number of ether oxygens (including phenoxy) is 1. The van der Waals surface area contributed by atoms with E-state index in [-0.39, 0.29) is 19.0 Å². The second-order valence-electron chi connectivity index (χ2n) is 1.15. The van der Waals surface area contributed by atoms with E-state index in [9.17, 15) is 0 Å². The van der Waals surface area contributed by atoms with E-state index in [1.54, 1.807) is 6.07 Å². The molecule has 4 heteroatoms. The minimum atomic E-state index is 0. The summed E-state index contributed by atoms with van der Waals surface area (Å²) in [5.74, 6) is 0.507. The lowest BCUT2D eigenvalue weighted by Crippen LogP contribution is -2.03. The van der Waals surface area contributed by atoms with Crippen LogP contribution in [0.1, 0.15) is 0 Å². The lowest BCUT2D eigenvalue weighted by molar-refractivity contribution is 0.287. The van der Waals surface area contributed by atoms with Gasteiger partial charge in [-0.25, -0.2) is 0 Å². The molecule has 0 rings (SSSR count). The fourth-order valence-electron chi connectivity index (χ4n) is 0.273. The molecule has 2 N–H and O–H groups in total. The Morgan fingerprint density at radius 1 is 1.89 bits per heavy atom. The third kappa shape index (κ3) is 5.15. The number of allylic oxidation sites excluding steroid dienone is 1. The molecule has 0 aliphatic rings. The molecule has 0 aromatic rings. The van der Waals surface area contributed by atoms with E-state index in [1.807, 2.05) is 0 Å². The van der Waals surface area contributed by atoms with Crippen molar-refractivity contribution in [2.75, 3.05) is 13.7 Å². The molecule has 0 unspecified atom stereocenters. The number of rotatable bonds is 2. The maximum absolute atomic E-state index is 8.04. The van der Waals surface area contributed by atoms with Gasteiger partial charge in [-0.1, -0.05) is 0 Å². The molecule has 0 amide bonds. The molecule has 52 valence electrons. The number of nitrogens with zero attached hydrogens (tertiary/aromatic N) is 1. The maximum atomic E-state index is 8.04. The van der Waals surface area contributed by atoms with Crippen LogP contribution in [0.4, 0.5) is 0 Å². The molecule has 0 bridgehead atoms. The molecule has 0 saturated carbocycles. The first-order valence-corrected chi connectivity index (χ1v) is 2.18. The monoisotopic (exact) mass is 148 g/mol. The lowest BCUT2D eigenvalue weighted by atomic mass is 10.5. The van der Waals surface area contributed by atoms with Crippen molar-refractivity contribution >= 4 is 12.4 Å². The van der Waals surface area contributed by atoms with Crippen molar-refractivity contribution in [1.82, 2.24) is 0 Å². The highest BCUT2D eigenvalue weighted by Crippen LogP contribution is 1.87. The van der Waals surface area contributed by atoms with Crippen molar-refractivity contribution in [3.8, 4) is 6.07 Å². The largest absolute Gasteiger partial charge is 0.499 e. The van der Waals surface area contributed by atoms with Crippen LogP contribution < -0.4 is 5.73 Å². The van der Waals surface area contributed by atoms with E-state index in [1.165, 1.54) is 13.2 Å². The second-order valence-corrected chi connectivity index (χ2v) is 1.15.